The van der Waals surface area contributed by atoms with E-state index in [4.69, 9.17) is 0 Å². The zero-order chi connectivity index (χ0) is 13.3. The van der Waals surface area contributed by atoms with Crippen molar-refractivity contribution in [3.8, 4) is 5.75 Å². The van der Waals surface area contributed by atoms with Gasteiger partial charge in [0.05, 0.1) is 0 Å². The number of hydrogen-bond acceptors (Lipinski definition) is 2. The zero-order valence-corrected chi connectivity index (χ0v) is 10.9. The monoisotopic (exact) mass is 255 g/mol. The Morgan fingerprint density at radius 3 is 2.28 bits per heavy atom. The number of benzene rings is 1. The predicted octanol–water partition coefficient (Wildman–Crippen LogP) is 3.74. The maximum Gasteiger partial charge on any atom is 0.387 e. The highest BCUT2D eigenvalue weighted by Gasteiger charge is 2.45. The van der Waals surface area contributed by atoms with Gasteiger partial charge in [0, 0.05) is 12.1 Å². The maximum atomic E-state index is 12.0. The topological polar surface area (TPSA) is 21.3 Å². The molecule has 0 aliphatic heterocycles. The molecule has 0 bridgehead atoms. The second-order valence-electron chi connectivity index (χ2n) is 5.58. The van der Waals surface area contributed by atoms with Crippen LogP contribution in [0.3, 0.4) is 0 Å². The van der Waals surface area contributed by atoms with Crippen LogP contribution in [0.25, 0.3) is 0 Å². The molecular weight excluding hydrogens is 236 g/mol. The first-order valence-corrected chi connectivity index (χ1v) is 6.19. The molecule has 1 aromatic rings. The van der Waals surface area contributed by atoms with Crippen LogP contribution in [-0.2, 0) is 0 Å². The molecular formula is C14H19F2NO. The van der Waals surface area contributed by atoms with Crippen molar-refractivity contribution >= 4 is 0 Å². The summed E-state index contributed by atoms with van der Waals surface area (Å²) in [5.41, 5.74) is 1.46. The zero-order valence-electron chi connectivity index (χ0n) is 10.9. The SMILES string of the molecule is CC(NC1CC1(C)C)c1ccc(OC(F)F)cc1. The number of ether oxygens (including phenoxy) is 1. The Morgan fingerprint density at radius 1 is 1.28 bits per heavy atom. The van der Waals surface area contributed by atoms with Crippen LogP contribution < -0.4 is 10.1 Å². The van der Waals surface area contributed by atoms with Crippen LogP contribution in [-0.4, -0.2) is 12.7 Å². The van der Waals surface area contributed by atoms with E-state index >= 15 is 0 Å². The second-order valence-corrected chi connectivity index (χ2v) is 5.58. The van der Waals surface area contributed by atoms with Gasteiger partial charge in [-0.25, -0.2) is 0 Å². The minimum Gasteiger partial charge on any atom is -0.435 e. The van der Waals surface area contributed by atoms with Crippen LogP contribution in [0.1, 0.15) is 38.8 Å². The summed E-state index contributed by atoms with van der Waals surface area (Å²) in [5, 5.41) is 3.53. The molecule has 2 rings (SSSR count). The molecule has 1 aromatic carbocycles. The standard InChI is InChI=1S/C14H19F2NO/c1-9(17-12-8-14(12,2)3)10-4-6-11(7-5-10)18-13(15)16/h4-7,9,12-13,17H,8H2,1-3H3. The van der Waals surface area contributed by atoms with Gasteiger partial charge in [0.2, 0.25) is 0 Å². The molecule has 1 saturated carbocycles. The summed E-state index contributed by atoms with van der Waals surface area (Å²) < 4.78 is 28.3. The Kier molecular flexibility index (Phi) is 3.57. The van der Waals surface area contributed by atoms with Crippen molar-refractivity contribution in [3.63, 3.8) is 0 Å². The lowest BCUT2D eigenvalue weighted by Gasteiger charge is -2.16. The van der Waals surface area contributed by atoms with Crippen molar-refractivity contribution in [1.82, 2.24) is 5.32 Å². The van der Waals surface area contributed by atoms with Gasteiger partial charge in [-0.3, -0.25) is 0 Å². The van der Waals surface area contributed by atoms with Crippen molar-refractivity contribution in [2.24, 2.45) is 5.41 Å². The third-order valence-corrected chi connectivity index (χ3v) is 3.57. The summed E-state index contributed by atoms with van der Waals surface area (Å²) >= 11 is 0. The van der Waals surface area contributed by atoms with Gasteiger partial charge in [-0.05, 0) is 36.5 Å². The van der Waals surface area contributed by atoms with Gasteiger partial charge in [0.25, 0.3) is 0 Å². The van der Waals surface area contributed by atoms with E-state index in [1.54, 1.807) is 12.1 Å². The Hall–Kier alpha value is -1.16. The third kappa shape index (κ3) is 3.19. The van der Waals surface area contributed by atoms with E-state index in [1.807, 2.05) is 12.1 Å². The van der Waals surface area contributed by atoms with Crippen molar-refractivity contribution in [2.45, 2.75) is 45.9 Å². The molecule has 0 saturated heterocycles. The summed E-state index contributed by atoms with van der Waals surface area (Å²) in [6.45, 7) is 3.78. The average molecular weight is 255 g/mol. The van der Waals surface area contributed by atoms with Crippen LogP contribution in [0.4, 0.5) is 8.78 Å². The van der Waals surface area contributed by atoms with E-state index < -0.39 is 6.61 Å². The Bertz CT molecular complexity index is 403. The smallest absolute Gasteiger partial charge is 0.387 e. The van der Waals surface area contributed by atoms with E-state index in [2.05, 4.69) is 30.8 Å². The lowest BCUT2D eigenvalue weighted by atomic mass is 10.1. The highest BCUT2D eigenvalue weighted by atomic mass is 19.3. The Morgan fingerprint density at radius 2 is 1.83 bits per heavy atom. The number of alkyl halides is 2. The number of hydrogen-bond donors (Lipinski definition) is 1. The fourth-order valence-corrected chi connectivity index (χ4v) is 2.09. The highest BCUT2D eigenvalue weighted by Crippen LogP contribution is 2.45. The van der Waals surface area contributed by atoms with Crippen LogP contribution >= 0.6 is 0 Å². The van der Waals surface area contributed by atoms with Gasteiger partial charge in [-0.15, -0.1) is 0 Å². The summed E-state index contributed by atoms with van der Waals surface area (Å²) in [6.07, 6.45) is 1.18. The molecule has 2 unspecified atom stereocenters. The van der Waals surface area contributed by atoms with Gasteiger partial charge in [0.1, 0.15) is 5.75 Å². The van der Waals surface area contributed by atoms with Crippen LogP contribution in [0.15, 0.2) is 24.3 Å². The van der Waals surface area contributed by atoms with Crippen LogP contribution in [0.5, 0.6) is 5.75 Å². The summed E-state index contributed by atoms with van der Waals surface area (Å²) in [4.78, 5) is 0. The summed E-state index contributed by atoms with van der Waals surface area (Å²) in [7, 11) is 0. The van der Waals surface area contributed by atoms with Crippen molar-refractivity contribution in [1.29, 1.82) is 0 Å². The maximum absolute atomic E-state index is 12.0. The lowest BCUT2D eigenvalue weighted by molar-refractivity contribution is -0.0498. The first kappa shape index (κ1) is 13.3. The molecule has 1 fully saturated rings. The van der Waals surface area contributed by atoms with Gasteiger partial charge in [-0.2, -0.15) is 8.78 Å². The molecule has 1 aliphatic carbocycles. The first-order valence-electron chi connectivity index (χ1n) is 6.19. The van der Waals surface area contributed by atoms with Crippen molar-refractivity contribution in [2.75, 3.05) is 0 Å². The number of rotatable bonds is 5. The summed E-state index contributed by atoms with van der Waals surface area (Å²) in [6, 6.07) is 7.58. The molecule has 0 amide bonds. The minimum atomic E-state index is -2.77. The normalized spacial score (nSPS) is 22.9. The van der Waals surface area contributed by atoms with Crippen molar-refractivity contribution in [3.05, 3.63) is 29.8 Å². The second kappa shape index (κ2) is 4.84. The molecule has 0 heterocycles. The quantitative estimate of drug-likeness (QED) is 0.865. The number of halogens is 2. The van der Waals surface area contributed by atoms with E-state index in [0.717, 1.165) is 5.56 Å². The number of nitrogens with one attached hydrogen (secondary N) is 1. The van der Waals surface area contributed by atoms with Crippen molar-refractivity contribution < 1.29 is 13.5 Å². The molecule has 1 N–H and O–H groups in total. The summed E-state index contributed by atoms with van der Waals surface area (Å²) in [5.74, 6) is 0.202. The molecule has 1 aliphatic rings. The third-order valence-electron chi connectivity index (χ3n) is 3.57. The lowest BCUT2D eigenvalue weighted by Crippen LogP contribution is -2.24. The molecule has 0 radical (unpaired) electrons. The highest BCUT2D eigenvalue weighted by molar-refractivity contribution is 5.29. The molecule has 0 spiro atoms. The largest absolute Gasteiger partial charge is 0.435 e. The Balaban J connectivity index is 1.92. The van der Waals surface area contributed by atoms with E-state index in [9.17, 15) is 8.78 Å². The predicted molar refractivity (Wildman–Crippen MR) is 66.8 cm³/mol. The van der Waals surface area contributed by atoms with Gasteiger partial charge in [-0.1, -0.05) is 26.0 Å². The van der Waals surface area contributed by atoms with E-state index in [1.165, 1.54) is 6.42 Å². The van der Waals surface area contributed by atoms with E-state index in [0.29, 0.717) is 11.5 Å². The minimum absolute atomic E-state index is 0.202. The first-order chi connectivity index (χ1) is 8.38. The van der Waals surface area contributed by atoms with Gasteiger partial charge < -0.3 is 10.1 Å². The van der Waals surface area contributed by atoms with Gasteiger partial charge >= 0.3 is 6.61 Å². The van der Waals surface area contributed by atoms with Gasteiger partial charge in [0.15, 0.2) is 0 Å². The van der Waals surface area contributed by atoms with E-state index in [-0.39, 0.29) is 11.8 Å². The Labute approximate surface area is 106 Å². The average Bonchev–Trinajstić information content (AvgIpc) is 2.86. The van der Waals surface area contributed by atoms with Crippen LogP contribution in [0.2, 0.25) is 0 Å². The molecule has 0 aromatic heterocycles. The molecule has 2 atom stereocenters. The fourth-order valence-electron chi connectivity index (χ4n) is 2.09. The molecule has 4 heteroatoms. The molecule has 2 nitrogen and oxygen atoms in total. The molecule has 100 valence electrons. The van der Waals surface area contributed by atoms with Crippen LogP contribution in [0, 0.1) is 5.41 Å². The fraction of sp³-hybridized carbons (Fsp3) is 0.571. The molecule has 18 heavy (non-hydrogen) atoms.